The molecule has 2 amide bonds. The first-order chi connectivity index (χ1) is 12.0. The summed E-state index contributed by atoms with van der Waals surface area (Å²) in [5.41, 5.74) is 2.43. The highest BCUT2D eigenvalue weighted by atomic mass is 16.5. The summed E-state index contributed by atoms with van der Waals surface area (Å²) in [5.74, 6) is 1.38. The fourth-order valence-electron chi connectivity index (χ4n) is 2.80. The van der Waals surface area contributed by atoms with Gasteiger partial charge in [-0.25, -0.2) is 4.98 Å². The monoisotopic (exact) mass is 343 g/mol. The predicted molar refractivity (Wildman–Crippen MR) is 92.4 cm³/mol. The molecule has 0 saturated carbocycles. The second-order valence-corrected chi connectivity index (χ2v) is 6.03. The summed E-state index contributed by atoms with van der Waals surface area (Å²) in [5, 5.41) is 9.50. The van der Waals surface area contributed by atoms with E-state index in [-0.39, 0.29) is 11.8 Å². The van der Waals surface area contributed by atoms with Gasteiger partial charge in [0.1, 0.15) is 11.6 Å². The molecule has 8 nitrogen and oxygen atoms in total. The Bertz CT molecular complexity index is 750. The number of carbonyl (C=O) groups is 2. The van der Waals surface area contributed by atoms with Gasteiger partial charge in [0.05, 0.1) is 24.1 Å². The van der Waals surface area contributed by atoms with Crippen molar-refractivity contribution in [1.29, 1.82) is 0 Å². The Labute approximate surface area is 145 Å². The molecule has 132 valence electrons. The third-order valence-corrected chi connectivity index (χ3v) is 4.18. The lowest BCUT2D eigenvalue weighted by Crippen LogP contribution is -2.48. The lowest BCUT2D eigenvalue weighted by molar-refractivity contribution is -0.120. The number of nitrogens with one attached hydrogen (secondary N) is 2. The fourth-order valence-corrected chi connectivity index (χ4v) is 2.80. The van der Waals surface area contributed by atoms with Crippen LogP contribution in [0.1, 0.15) is 23.4 Å². The van der Waals surface area contributed by atoms with Gasteiger partial charge in [0.25, 0.3) is 0 Å². The van der Waals surface area contributed by atoms with Crippen LogP contribution in [0.2, 0.25) is 0 Å². The Balaban J connectivity index is 1.54. The molecule has 2 aromatic rings. The van der Waals surface area contributed by atoms with E-state index in [1.807, 2.05) is 24.8 Å². The first-order valence-electron chi connectivity index (χ1n) is 8.22. The van der Waals surface area contributed by atoms with Gasteiger partial charge < -0.3 is 20.1 Å². The van der Waals surface area contributed by atoms with Crippen LogP contribution in [-0.4, -0.2) is 41.6 Å². The van der Waals surface area contributed by atoms with Crippen molar-refractivity contribution in [3.8, 4) is 0 Å². The molecular weight excluding hydrogens is 322 g/mol. The van der Waals surface area contributed by atoms with Gasteiger partial charge in [-0.3, -0.25) is 9.59 Å². The molecule has 0 aliphatic carbocycles. The van der Waals surface area contributed by atoms with Gasteiger partial charge >= 0.3 is 0 Å². The van der Waals surface area contributed by atoms with Crippen molar-refractivity contribution in [2.24, 2.45) is 0 Å². The maximum Gasteiger partial charge on any atom is 0.239 e. The number of aromatic nitrogens is 2. The average Bonchev–Trinajstić information content (AvgIpc) is 2.92. The number of hydrogen-bond donors (Lipinski definition) is 2. The molecule has 25 heavy (non-hydrogen) atoms. The van der Waals surface area contributed by atoms with E-state index in [9.17, 15) is 9.59 Å². The number of hydrogen-bond acceptors (Lipinski definition) is 6. The van der Waals surface area contributed by atoms with Crippen molar-refractivity contribution in [2.45, 2.75) is 26.7 Å². The molecule has 3 heterocycles. The normalized spacial score (nSPS) is 14.3. The van der Waals surface area contributed by atoms with Crippen molar-refractivity contribution in [3.63, 3.8) is 0 Å². The van der Waals surface area contributed by atoms with E-state index < -0.39 is 0 Å². The van der Waals surface area contributed by atoms with Crippen LogP contribution >= 0.6 is 0 Å². The van der Waals surface area contributed by atoms with Crippen LogP contribution < -0.4 is 15.5 Å². The zero-order chi connectivity index (χ0) is 17.8. The third kappa shape index (κ3) is 4.14. The lowest BCUT2D eigenvalue weighted by atomic mass is 10.1. The Kier molecular flexibility index (Phi) is 4.97. The van der Waals surface area contributed by atoms with Crippen molar-refractivity contribution in [2.75, 3.05) is 29.9 Å². The summed E-state index contributed by atoms with van der Waals surface area (Å²) < 4.78 is 5.10. The maximum atomic E-state index is 12.1. The Morgan fingerprint density at radius 1 is 1.40 bits per heavy atom. The van der Waals surface area contributed by atoms with E-state index in [0.29, 0.717) is 31.6 Å². The van der Waals surface area contributed by atoms with E-state index >= 15 is 0 Å². The van der Waals surface area contributed by atoms with E-state index in [0.717, 1.165) is 29.4 Å². The number of piperazine rings is 1. The summed E-state index contributed by atoms with van der Waals surface area (Å²) in [6.07, 6.45) is 2.54. The maximum absolute atomic E-state index is 12.1. The highest BCUT2D eigenvalue weighted by Gasteiger charge is 2.17. The van der Waals surface area contributed by atoms with E-state index in [4.69, 9.17) is 4.52 Å². The van der Waals surface area contributed by atoms with E-state index in [2.05, 4.69) is 20.8 Å². The summed E-state index contributed by atoms with van der Waals surface area (Å²) in [6, 6.07) is 3.60. The van der Waals surface area contributed by atoms with Gasteiger partial charge in [-0.1, -0.05) is 5.16 Å². The summed E-state index contributed by atoms with van der Waals surface area (Å²) in [7, 11) is 0. The van der Waals surface area contributed by atoms with Crippen LogP contribution in [0.3, 0.4) is 0 Å². The van der Waals surface area contributed by atoms with Gasteiger partial charge in [-0.05, 0) is 32.4 Å². The van der Waals surface area contributed by atoms with Gasteiger partial charge in [0.15, 0.2) is 0 Å². The predicted octanol–water partition coefficient (Wildman–Crippen LogP) is 1.19. The molecule has 2 aromatic heterocycles. The molecule has 0 aromatic carbocycles. The quantitative estimate of drug-likeness (QED) is 0.846. The van der Waals surface area contributed by atoms with Crippen molar-refractivity contribution in [3.05, 3.63) is 35.3 Å². The highest BCUT2D eigenvalue weighted by Crippen LogP contribution is 2.17. The molecule has 1 aliphatic rings. The number of anilines is 2. The molecule has 1 saturated heterocycles. The Morgan fingerprint density at radius 2 is 2.24 bits per heavy atom. The molecule has 3 rings (SSSR count). The summed E-state index contributed by atoms with van der Waals surface area (Å²) >= 11 is 0. The van der Waals surface area contributed by atoms with Gasteiger partial charge in [0, 0.05) is 25.1 Å². The molecule has 1 fully saturated rings. The molecule has 0 atom stereocenters. The smallest absolute Gasteiger partial charge is 0.239 e. The summed E-state index contributed by atoms with van der Waals surface area (Å²) in [6.45, 7) is 5.35. The van der Waals surface area contributed by atoms with Crippen LogP contribution in [0.25, 0.3) is 0 Å². The largest absolute Gasteiger partial charge is 0.361 e. The minimum Gasteiger partial charge on any atom is -0.361 e. The van der Waals surface area contributed by atoms with Gasteiger partial charge in [-0.15, -0.1) is 0 Å². The standard InChI is InChI=1S/C17H21N5O3/c1-11-14(12(2)25-21-11)4-6-16(23)20-13-3-5-15(19-9-13)22-8-7-18-17(24)10-22/h3,5,9H,4,6-8,10H2,1-2H3,(H,18,24)(H,20,23). The number of carbonyl (C=O) groups excluding carboxylic acids is 2. The topological polar surface area (TPSA) is 100 Å². The third-order valence-electron chi connectivity index (χ3n) is 4.18. The zero-order valence-corrected chi connectivity index (χ0v) is 14.3. The number of aryl methyl sites for hydroxylation is 2. The zero-order valence-electron chi connectivity index (χ0n) is 14.3. The number of pyridine rings is 1. The molecule has 8 heteroatoms. The summed E-state index contributed by atoms with van der Waals surface area (Å²) in [4.78, 5) is 29.8. The SMILES string of the molecule is Cc1noc(C)c1CCC(=O)Nc1ccc(N2CCNC(=O)C2)nc1. The molecule has 0 spiro atoms. The Hall–Kier alpha value is -2.90. The average molecular weight is 343 g/mol. The molecule has 1 aliphatic heterocycles. The molecule has 0 radical (unpaired) electrons. The van der Waals surface area contributed by atoms with Gasteiger partial charge in [-0.2, -0.15) is 0 Å². The number of nitrogens with zero attached hydrogens (tertiary/aromatic N) is 3. The lowest BCUT2D eigenvalue weighted by Gasteiger charge is -2.27. The van der Waals surface area contributed by atoms with Crippen LogP contribution in [0.4, 0.5) is 11.5 Å². The van der Waals surface area contributed by atoms with E-state index in [1.54, 1.807) is 12.3 Å². The second-order valence-electron chi connectivity index (χ2n) is 6.03. The first-order valence-corrected chi connectivity index (χ1v) is 8.22. The minimum absolute atomic E-state index is 0.00949. The molecule has 0 unspecified atom stereocenters. The minimum atomic E-state index is -0.0908. The van der Waals surface area contributed by atoms with Crippen molar-refractivity contribution < 1.29 is 14.1 Å². The van der Waals surface area contributed by atoms with Gasteiger partial charge in [0.2, 0.25) is 11.8 Å². The van der Waals surface area contributed by atoms with Crippen LogP contribution in [0.15, 0.2) is 22.9 Å². The highest BCUT2D eigenvalue weighted by molar-refractivity contribution is 5.90. The fraction of sp³-hybridized carbons (Fsp3) is 0.412. The van der Waals surface area contributed by atoms with Crippen LogP contribution in [-0.2, 0) is 16.0 Å². The second kappa shape index (κ2) is 7.33. The molecule has 0 bridgehead atoms. The van der Waals surface area contributed by atoms with Crippen LogP contribution in [0, 0.1) is 13.8 Å². The molecule has 2 N–H and O–H groups in total. The number of amides is 2. The van der Waals surface area contributed by atoms with Crippen molar-refractivity contribution in [1.82, 2.24) is 15.5 Å². The van der Waals surface area contributed by atoms with Crippen LogP contribution in [0.5, 0.6) is 0 Å². The van der Waals surface area contributed by atoms with E-state index in [1.165, 1.54) is 0 Å². The first kappa shape index (κ1) is 16.9. The molecular formula is C17H21N5O3. The van der Waals surface area contributed by atoms with Crippen molar-refractivity contribution >= 4 is 23.3 Å². The number of rotatable bonds is 5. The Morgan fingerprint density at radius 3 is 2.88 bits per heavy atom.